The molecule has 4 heteroatoms. The molecular weight excluding hydrogens is 200 g/mol. The van der Waals surface area contributed by atoms with Gasteiger partial charge in [-0.3, -0.25) is 0 Å². The Hall–Kier alpha value is -1.32. The van der Waals surface area contributed by atoms with Crippen LogP contribution >= 0.6 is 0 Å². The van der Waals surface area contributed by atoms with E-state index >= 15 is 0 Å². The number of nitrogens with two attached hydrogens (primary N) is 1. The highest BCUT2D eigenvalue weighted by atomic mass is 15.2. The van der Waals surface area contributed by atoms with E-state index in [0.29, 0.717) is 11.9 Å². The molecule has 2 N–H and O–H groups in total. The Morgan fingerprint density at radius 2 is 1.88 bits per heavy atom. The topological polar surface area (TPSA) is 55.0 Å². The first-order valence-corrected chi connectivity index (χ1v) is 6.22. The maximum atomic E-state index is 5.78. The molecule has 86 valence electrons. The predicted octanol–water partition coefficient (Wildman–Crippen LogP) is 1.93. The Balaban J connectivity index is 1.86. The first-order chi connectivity index (χ1) is 7.83. The summed E-state index contributed by atoms with van der Waals surface area (Å²) < 4.78 is 0. The summed E-state index contributed by atoms with van der Waals surface area (Å²) in [7, 11) is 0. The molecule has 1 aromatic rings. The van der Waals surface area contributed by atoms with Crippen LogP contribution in [0.5, 0.6) is 0 Å². The summed E-state index contributed by atoms with van der Waals surface area (Å²) in [4.78, 5) is 11.0. The van der Waals surface area contributed by atoms with Gasteiger partial charge in [-0.25, -0.2) is 4.98 Å². The molecule has 0 amide bonds. The van der Waals surface area contributed by atoms with Crippen LogP contribution in [0.15, 0.2) is 6.07 Å². The Bertz CT molecular complexity index is 381. The fourth-order valence-corrected chi connectivity index (χ4v) is 2.34. The fourth-order valence-electron chi connectivity index (χ4n) is 2.34. The average Bonchev–Trinajstić information content (AvgIpc) is 3.13. The second-order valence-corrected chi connectivity index (χ2v) is 4.83. The molecule has 1 saturated carbocycles. The van der Waals surface area contributed by atoms with Crippen molar-refractivity contribution in [1.82, 2.24) is 9.97 Å². The Morgan fingerprint density at radius 1 is 1.12 bits per heavy atom. The molecule has 4 nitrogen and oxygen atoms in total. The Labute approximate surface area is 95.9 Å². The van der Waals surface area contributed by atoms with Crippen LogP contribution in [0.2, 0.25) is 0 Å². The smallest absolute Gasteiger partial charge is 0.222 e. The van der Waals surface area contributed by atoms with Crippen molar-refractivity contribution in [1.29, 1.82) is 0 Å². The Kier molecular flexibility index (Phi) is 2.42. The summed E-state index contributed by atoms with van der Waals surface area (Å²) >= 11 is 0. The van der Waals surface area contributed by atoms with E-state index in [2.05, 4.69) is 20.9 Å². The molecule has 0 radical (unpaired) electrons. The summed E-state index contributed by atoms with van der Waals surface area (Å²) in [5.41, 5.74) is 6.93. The first-order valence-electron chi connectivity index (χ1n) is 6.22. The molecule has 3 rings (SSSR count). The van der Waals surface area contributed by atoms with Crippen LogP contribution in [0.4, 0.5) is 11.8 Å². The van der Waals surface area contributed by atoms with E-state index in [-0.39, 0.29) is 0 Å². The van der Waals surface area contributed by atoms with Crippen molar-refractivity contribution >= 4 is 11.8 Å². The third-order valence-electron chi connectivity index (χ3n) is 3.43. The number of aromatic nitrogens is 2. The van der Waals surface area contributed by atoms with Crippen LogP contribution in [0, 0.1) is 0 Å². The van der Waals surface area contributed by atoms with E-state index in [0.717, 1.165) is 24.6 Å². The highest BCUT2D eigenvalue weighted by Crippen LogP contribution is 2.40. The standard InChI is InChI=1S/C12H18N4/c13-12-14-10(9-4-5-9)8-11(15-12)16-6-2-1-3-7-16/h8-9H,1-7H2,(H2,13,14,15). The maximum absolute atomic E-state index is 5.78. The highest BCUT2D eigenvalue weighted by Gasteiger charge is 2.26. The fraction of sp³-hybridized carbons (Fsp3) is 0.667. The van der Waals surface area contributed by atoms with Crippen molar-refractivity contribution in [2.45, 2.75) is 38.0 Å². The molecule has 0 unspecified atom stereocenters. The van der Waals surface area contributed by atoms with Crippen molar-refractivity contribution in [3.8, 4) is 0 Å². The maximum Gasteiger partial charge on any atom is 0.222 e. The van der Waals surface area contributed by atoms with Crippen molar-refractivity contribution in [3.63, 3.8) is 0 Å². The second kappa shape index (κ2) is 3.92. The summed E-state index contributed by atoms with van der Waals surface area (Å²) in [5.74, 6) is 2.12. The zero-order valence-electron chi connectivity index (χ0n) is 9.52. The lowest BCUT2D eigenvalue weighted by atomic mass is 10.1. The molecule has 1 aliphatic carbocycles. The van der Waals surface area contributed by atoms with Crippen LogP contribution in [-0.4, -0.2) is 23.1 Å². The summed E-state index contributed by atoms with van der Waals surface area (Å²) in [6.07, 6.45) is 6.39. The predicted molar refractivity (Wildman–Crippen MR) is 64.5 cm³/mol. The van der Waals surface area contributed by atoms with E-state index in [1.165, 1.54) is 32.1 Å². The van der Waals surface area contributed by atoms with E-state index in [9.17, 15) is 0 Å². The minimum Gasteiger partial charge on any atom is -0.368 e. The van der Waals surface area contributed by atoms with E-state index < -0.39 is 0 Å². The van der Waals surface area contributed by atoms with E-state index in [4.69, 9.17) is 5.73 Å². The van der Waals surface area contributed by atoms with Gasteiger partial charge >= 0.3 is 0 Å². The zero-order chi connectivity index (χ0) is 11.0. The third kappa shape index (κ3) is 1.96. The number of nitrogens with zero attached hydrogens (tertiary/aromatic N) is 3. The van der Waals surface area contributed by atoms with Crippen molar-refractivity contribution in [2.75, 3.05) is 23.7 Å². The van der Waals surface area contributed by atoms with Crippen molar-refractivity contribution in [3.05, 3.63) is 11.8 Å². The van der Waals surface area contributed by atoms with E-state index in [1.54, 1.807) is 0 Å². The van der Waals surface area contributed by atoms with Crippen LogP contribution in [0.3, 0.4) is 0 Å². The number of rotatable bonds is 2. The van der Waals surface area contributed by atoms with Crippen LogP contribution < -0.4 is 10.6 Å². The van der Waals surface area contributed by atoms with Crippen LogP contribution in [0.1, 0.15) is 43.7 Å². The van der Waals surface area contributed by atoms with Crippen molar-refractivity contribution < 1.29 is 0 Å². The molecule has 2 aliphatic rings. The van der Waals surface area contributed by atoms with Crippen LogP contribution in [-0.2, 0) is 0 Å². The largest absolute Gasteiger partial charge is 0.368 e. The monoisotopic (exact) mass is 218 g/mol. The summed E-state index contributed by atoms with van der Waals surface area (Å²) in [6, 6.07) is 2.14. The Morgan fingerprint density at radius 3 is 2.56 bits per heavy atom. The number of nitrogen functional groups attached to an aromatic ring is 1. The molecule has 1 aliphatic heterocycles. The average molecular weight is 218 g/mol. The van der Waals surface area contributed by atoms with Gasteiger partial charge in [0.1, 0.15) is 5.82 Å². The number of hydrogen-bond donors (Lipinski definition) is 1. The lowest BCUT2D eigenvalue weighted by molar-refractivity contribution is 0.573. The quantitative estimate of drug-likeness (QED) is 0.824. The summed E-state index contributed by atoms with van der Waals surface area (Å²) in [5, 5.41) is 0. The minimum absolute atomic E-state index is 0.435. The summed E-state index contributed by atoms with van der Waals surface area (Å²) in [6.45, 7) is 2.22. The molecule has 2 fully saturated rings. The first kappa shape index (κ1) is 9.87. The van der Waals surface area contributed by atoms with Gasteiger partial charge in [0.2, 0.25) is 5.95 Å². The van der Waals surface area contributed by atoms with Gasteiger partial charge in [-0.1, -0.05) is 0 Å². The highest BCUT2D eigenvalue weighted by molar-refractivity contribution is 5.45. The molecule has 0 aromatic carbocycles. The minimum atomic E-state index is 0.435. The van der Waals surface area contributed by atoms with Gasteiger partial charge in [-0.15, -0.1) is 0 Å². The molecule has 0 bridgehead atoms. The third-order valence-corrected chi connectivity index (χ3v) is 3.43. The SMILES string of the molecule is Nc1nc(C2CC2)cc(N2CCCCC2)n1. The lowest BCUT2D eigenvalue weighted by Gasteiger charge is -2.28. The number of hydrogen-bond acceptors (Lipinski definition) is 4. The number of anilines is 2. The van der Waals surface area contributed by atoms with Gasteiger partial charge in [-0.05, 0) is 32.1 Å². The number of piperidine rings is 1. The molecule has 0 atom stereocenters. The molecule has 16 heavy (non-hydrogen) atoms. The molecule has 1 saturated heterocycles. The molecule has 0 spiro atoms. The second-order valence-electron chi connectivity index (χ2n) is 4.83. The van der Waals surface area contributed by atoms with Gasteiger partial charge in [-0.2, -0.15) is 4.98 Å². The van der Waals surface area contributed by atoms with Gasteiger partial charge in [0.15, 0.2) is 0 Å². The molecular formula is C12H18N4. The molecule has 1 aromatic heterocycles. The molecule has 2 heterocycles. The van der Waals surface area contributed by atoms with E-state index in [1.807, 2.05) is 0 Å². The lowest BCUT2D eigenvalue weighted by Crippen LogP contribution is -2.30. The van der Waals surface area contributed by atoms with Gasteiger partial charge in [0, 0.05) is 25.1 Å². The zero-order valence-corrected chi connectivity index (χ0v) is 9.52. The normalized spacial score (nSPS) is 21.1. The van der Waals surface area contributed by atoms with Gasteiger partial charge < -0.3 is 10.6 Å². The van der Waals surface area contributed by atoms with Gasteiger partial charge in [0.25, 0.3) is 0 Å². The van der Waals surface area contributed by atoms with Crippen LogP contribution in [0.25, 0.3) is 0 Å². The van der Waals surface area contributed by atoms with Crippen molar-refractivity contribution in [2.24, 2.45) is 0 Å². The van der Waals surface area contributed by atoms with Gasteiger partial charge in [0.05, 0.1) is 5.69 Å².